The minimum absolute atomic E-state index is 0.153. The van der Waals surface area contributed by atoms with Crippen LogP contribution in [0.3, 0.4) is 0 Å². The molecule has 112 valence electrons. The average molecular weight is 324 g/mol. The van der Waals surface area contributed by atoms with E-state index in [1.54, 1.807) is 12.3 Å². The van der Waals surface area contributed by atoms with Crippen molar-refractivity contribution in [2.24, 2.45) is 5.84 Å². The lowest BCUT2D eigenvalue weighted by Crippen LogP contribution is -2.30. The van der Waals surface area contributed by atoms with Crippen LogP contribution in [-0.4, -0.2) is 4.98 Å². The van der Waals surface area contributed by atoms with E-state index in [9.17, 15) is 0 Å². The van der Waals surface area contributed by atoms with Crippen molar-refractivity contribution in [3.63, 3.8) is 0 Å². The molecule has 21 heavy (non-hydrogen) atoms. The van der Waals surface area contributed by atoms with E-state index in [4.69, 9.17) is 29.0 Å². The molecule has 1 atom stereocenters. The quantitative estimate of drug-likeness (QED) is 0.638. The highest BCUT2D eigenvalue weighted by Crippen LogP contribution is 2.26. The number of nitrogens with two attached hydrogens (primary N) is 1. The molecule has 1 aromatic carbocycles. The third kappa shape index (κ3) is 4.17. The van der Waals surface area contributed by atoms with E-state index in [-0.39, 0.29) is 6.04 Å². The summed E-state index contributed by atoms with van der Waals surface area (Å²) < 4.78 is 0. The third-order valence-corrected chi connectivity index (χ3v) is 3.96. The third-order valence-electron chi connectivity index (χ3n) is 3.45. The number of benzene rings is 1. The van der Waals surface area contributed by atoms with Gasteiger partial charge in [0.2, 0.25) is 0 Å². The topological polar surface area (TPSA) is 50.9 Å². The molecule has 3 N–H and O–H groups in total. The van der Waals surface area contributed by atoms with Crippen LogP contribution in [0.15, 0.2) is 36.5 Å². The molecule has 0 aliphatic carbocycles. The zero-order chi connectivity index (χ0) is 15.4. The van der Waals surface area contributed by atoms with Gasteiger partial charge in [-0.05, 0) is 29.5 Å². The predicted molar refractivity (Wildman–Crippen MR) is 88.6 cm³/mol. The van der Waals surface area contributed by atoms with Gasteiger partial charge in [-0.2, -0.15) is 0 Å². The van der Waals surface area contributed by atoms with Gasteiger partial charge in [-0.25, -0.2) is 0 Å². The van der Waals surface area contributed by atoms with Crippen LogP contribution in [0.25, 0.3) is 0 Å². The molecule has 0 bridgehead atoms. The number of nitrogens with zero attached hydrogens (tertiary/aromatic N) is 1. The molecule has 3 nitrogen and oxygen atoms in total. The molecule has 1 unspecified atom stereocenters. The van der Waals surface area contributed by atoms with Gasteiger partial charge in [0.05, 0.1) is 21.8 Å². The monoisotopic (exact) mass is 323 g/mol. The summed E-state index contributed by atoms with van der Waals surface area (Å²) in [5, 5.41) is 1.03. The van der Waals surface area contributed by atoms with E-state index >= 15 is 0 Å². The molecule has 5 heteroatoms. The van der Waals surface area contributed by atoms with Gasteiger partial charge in [0.25, 0.3) is 0 Å². The summed E-state index contributed by atoms with van der Waals surface area (Å²) in [5.41, 5.74) is 5.97. The normalized spacial score (nSPS) is 12.7. The lowest BCUT2D eigenvalue weighted by Gasteiger charge is -2.17. The van der Waals surface area contributed by atoms with Gasteiger partial charge >= 0.3 is 0 Å². The fourth-order valence-electron chi connectivity index (χ4n) is 2.19. The highest BCUT2D eigenvalue weighted by atomic mass is 35.5. The largest absolute Gasteiger partial charge is 0.271 e. The highest BCUT2D eigenvalue weighted by molar-refractivity contribution is 6.34. The summed E-state index contributed by atoms with van der Waals surface area (Å²) in [5.74, 6) is 6.18. The maximum Gasteiger partial charge on any atom is 0.0777 e. The molecule has 2 aromatic rings. The van der Waals surface area contributed by atoms with Crippen molar-refractivity contribution in [1.29, 1.82) is 0 Å². The minimum Gasteiger partial charge on any atom is -0.271 e. The molecule has 0 radical (unpaired) electrons. The number of hydrogen-bond acceptors (Lipinski definition) is 3. The smallest absolute Gasteiger partial charge is 0.0777 e. The van der Waals surface area contributed by atoms with Crippen molar-refractivity contribution >= 4 is 23.2 Å². The molecule has 0 saturated heterocycles. The molecule has 0 aliphatic rings. The summed E-state index contributed by atoms with van der Waals surface area (Å²) in [4.78, 5) is 4.28. The number of nitrogens with one attached hydrogen (secondary N) is 1. The van der Waals surface area contributed by atoms with E-state index in [1.807, 2.05) is 0 Å². The molecular weight excluding hydrogens is 305 g/mol. The maximum atomic E-state index is 6.19. The molecule has 0 aliphatic heterocycles. The summed E-state index contributed by atoms with van der Waals surface area (Å²) in [7, 11) is 0. The molecule has 1 heterocycles. The Labute approximate surface area is 135 Å². The van der Waals surface area contributed by atoms with Gasteiger partial charge in [0, 0.05) is 6.20 Å². The first-order chi connectivity index (χ1) is 10.0. The van der Waals surface area contributed by atoms with Gasteiger partial charge in [-0.15, -0.1) is 0 Å². The van der Waals surface area contributed by atoms with Crippen LogP contribution in [0.2, 0.25) is 10.0 Å². The molecule has 0 amide bonds. The summed E-state index contributed by atoms with van der Waals surface area (Å²) in [6, 6.07) is 10.0. The van der Waals surface area contributed by atoms with Gasteiger partial charge in [0.15, 0.2) is 0 Å². The number of rotatable bonds is 5. The summed E-state index contributed by atoms with van der Waals surface area (Å²) in [6.45, 7) is 4.35. The Kier molecular flexibility index (Phi) is 5.59. The summed E-state index contributed by atoms with van der Waals surface area (Å²) >= 11 is 12.1. The Bertz CT molecular complexity index is 597. The van der Waals surface area contributed by atoms with Gasteiger partial charge < -0.3 is 0 Å². The molecule has 0 spiro atoms. The van der Waals surface area contributed by atoms with Crippen molar-refractivity contribution < 1.29 is 0 Å². The van der Waals surface area contributed by atoms with Crippen LogP contribution in [0, 0.1) is 0 Å². The highest BCUT2D eigenvalue weighted by Gasteiger charge is 2.16. The second-order valence-corrected chi connectivity index (χ2v) is 6.18. The SMILES string of the molecule is CC(C)c1ccc(CC(NN)c2ncc(Cl)cc2Cl)cc1. The first-order valence-corrected chi connectivity index (χ1v) is 7.62. The first kappa shape index (κ1) is 16.2. The van der Waals surface area contributed by atoms with E-state index < -0.39 is 0 Å². The second kappa shape index (κ2) is 7.23. The van der Waals surface area contributed by atoms with Gasteiger partial charge in [0.1, 0.15) is 0 Å². The van der Waals surface area contributed by atoms with Crippen LogP contribution >= 0.6 is 23.2 Å². The standard InChI is InChI=1S/C16H19Cl2N3/c1-10(2)12-5-3-11(4-6-12)7-15(21-19)16-14(18)8-13(17)9-20-16/h3-6,8-10,15,21H,7,19H2,1-2H3. The Hall–Kier alpha value is -1.13. The van der Waals surface area contributed by atoms with Gasteiger partial charge in [-0.3, -0.25) is 16.3 Å². The zero-order valence-electron chi connectivity index (χ0n) is 12.1. The predicted octanol–water partition coefficient (Wildman–Crippen LogP) is 4.26. The average Bonchev–Trinajstić information content (AvgIpc) is 2.46. The van der Waals surface area contributed by atoms with Crippen LogP contribution in [0.1, 0.15) is 42.6 Å². The fraction of sp³-hybridized carbons (Fsp3) is 0.312. The van der Waals surface area contributed by atoms with E-state index in [0.717, 1.165) is 0 Å². The van der Waals surface area contributed by atoms with Crippen LogP contribution in [-0.2, 0) is 6.42 Å². The number of hydrazine groups is 1. The van der Waals surface area contributed by atoms with Crippen molar-refractivity contribution in [2.75, 3.05) is 0 Å². The Morgan fingerprint density at radius 2 is 1.86 bits per heavy atom. The number of pyridine rings is 1. The molecular formula is C16H19Cl2N3. The van der Waals surface area contributed by atoms with Crippen LogP contribution in [0.5, 0.6) is 0 Å². The number of halogens is 2. The Morgan fingerprint density at radius 3 is 2.38 bits per heavy atom. The lowest BCUT2D eigenvalue weighted by atomic mass is 9.98. The van der Waals surface area contributed by atoms with E-state index in [0.29, 0.717) is 28.1 Å². The molecule has 0 saturated carbocycles. The van der Waals surface area contributed by atoms with E-state index in [2.05, 4.69) is 48.5 Å². The van der Waals surface area contributed by atoms with Crippen molar-refractivity contribution in [3.8, 4) is 0 Å². The van der Waals surface area contributed by atoms with Crippen LogP contribution < -0.4 is 11.3 Å². The minimum atomic E-state index is -0.153. The van der Waals surface area contributed by atoms with Crippen molar-refractivity contribution in [2.45, 2.75) is 32.2 Å². The Morgan fingerprint density at radius 1 is 1.19 bits per heavy atom. The second-order valence-electron chi connectivity index (χ2n) is 5.34. The Balaban J connectivity index is 2.18. The molecule has 1 aromatic heterocycles. The summed E-state index contributed by atoms with van der Waals surface area (Å²) in [6.07, 6.45) is 2.29. The first-order valence-electron chi connectivity index (χ1n) is 6.87. The number of hydrogen-bond donors (Lipinski definition) is 2. The lowest BCUT2D eigenvalue weighted by molar-refractivity contribution is 0.538. The van der Waals surface area contributed by atoms with E-state index in [1.165, 1.54) is 11.1 Å². The van der Waals surface area contributed by atoms with Crippen molar-refractivity contribution in [1.82, 2.24) is 10.4 Å². The fourth-order valence-corrected chi connectivity index (χ4v) is 2.70. The zero-order valence-corrected chi connectivity index (χ0v) is 13.6. The molecule has 0 fully saturated rings. The van der Waals surface area contributed by atoms with Crippen LogP contribution in [0.4, 0.5) is 0 Å². The number of aromatic nitrogens is 1. The maximum absolute atomic E-state index is 6.19. The van der Waals surface area contributed by atoms with Gasteiger partial charge in [-0.1, -0.05) is 61.3 Å². The van der Waals surface area contributed by atoms with Crippen molar-refractivity contribution in [3.05, 3.63) is 63.4 Å². The molecule has 2 rings (SSSR count).